The zero-order valence-electron chi connectivity index (χ0n) is 19.3. The zero-order chi connectivity index (χ0) is 22.6. The van der Waals surface area contributed by atoms with Crippen molar-refractivity contribution in [1.82, 2.24) is 24.8 Å². The number of hydrogen-bond acceptors (Lipinski definition) is 9. The van der Waals surface area contributed by atoms with Gasteiger partial charge in [-0.2, -0.15) is 4.98 Å². The van der Waals surface area contributed by atoms with Crippen molar-refractivity contribution in [3.63, 3.8) is 0 Å². The van der Waals surface area contributed by atoms with Gasteiger partial charge < -0.3 is 19.9 Å². The second-order valence-corrected chi connectivity index (χ2v) is 9.94. The molecule has 1 saturated carbocycles. The summed E-state index contributed by atoms with van der Waals surface area (Å²) in [4.78, 5) is 24.0. The fraction of sp³-hybridized carbons (Fsp3) is 0.500. The van der Waals surface area contributed by atoms with Crippen LogP contribution in [-0.4, -0.2) is 64.2 Å². The Kier molecular flexibility index (Phi) is 6.68. The number of anilines is 3. The first-order chi connectivity index (χ1) is 16.1. The van der Waals surface area contributed by atoms with Gasteiger partial charge in [-0.05, 0) is 57.4 Å². The highest BCUT2D eigenvalue weighted by Crippen LogP contribution is 2.32. The van der Waals surface area contributed by atoms with Crippen molar-refractivity contribution in [2.75, 3.05) is 43.4 Å². The molecule has 3 aromatic rings. The zero-order valence-corrected chi connectivity index (χ0v) is 20.1. The molecule has 0 atom stereocenters. The summed E-state index contributed by atoms with van der Waals surface area (Å²) in [5, 5.41) is 4.12. The molecular weight excluding hydrogens is 434 g/mol. The van der Waals surface area contributed by atoms with Gasteiger partial charge >= 0.3 is 6.01 Å². The number of rotatable bonds is 6. The van der Waals surface area contributed by atoms with Gasteiger partial charge in [-0.25, -0.2) is 15.0 Å². The third kappa shape index (κ3) is 5.42. The third-order valence-electron chi connectivity index (χ3n) is 6.36. The topological polar surface area (TPSA) is 79.3 Å². The van der Waals surface area contributed by atoms with E-state index in [1.165, 1.54) is 19.3 Å². The Hall–Kier alpha value is -2.78. The summed E-state index contributed by atoms with van der Waals surface area (Å²) < 4.78 is 6.07. The fourth-order valence-electron chi connectivity index (χ4n) is 4.33. The van der Waals surface area contributed by atoms with Gasteiger partial charge in [0.05, 0.1) is 22.5 Å². The summed E-state index contributed by atoms with van der Waals surface area (Å²) in [5.41, 5.74) is 3.05. The van der Waals surface area contributed by atoms with Crippen molar-refractivity contribution in [2.24, 2.45) is 0 Å². The average Bonchev–Trinajstić information content (AvgIpc) is 3.30. The van der Waals surface area contributed by atoms with Crippen LogP contribution >= 0.6 is 11.3 Å². The first-order valence-corrected chi connectivity index (χ1v) is 12.6. The van der Waals surface area contributed by atoms with Crippen molar-refractivity contribution in [1.29, 1.82) is 0 Å². The van der Waals surface area contributed by atoms with E-state index in [9.17, 15) is 0 Å². The van der Waals surface area contributed by atoms with Crippen LogP contribution < -0.4 is 15.0 Å². The number of ether oxygens (including phenoxy) is 1. The maximum absolute atomic E-state index is 6.07. The van der Waals surface area contributed by atoms with E-state index in [0.717, 1.165) is 71.8 Å². The molecule has 0 unspecified atom stereocenters. The Morgan fingerprint density at radius 1 is 0.970 bits per heavy atom. The highest BCUT2D eigenvalue weighted by molar-refractivity contribution is 7.18. The molecular formula is C24H31N7OS. The molecule has 5 rings (SSSR count). The number of nitrogens with zero attached hydrogens (tertiary/aromatic N) is 6. The van der Waals surface area contributed by atoms with E-state index in [1.807, 2.05) is 31.6 Å². The van der Waals surface area contributed by atoms with Gasteiger partial charge in [0.2, 0.25) is 0 Å². The lowest BCUT2D eigenvalue weighted by molar-refractivity contribution is 0.142. The van der Waals surface area contributed by atoms with Gasteiger partial charge in [-0.1, -0.05) is 17.8 Å². The highest BCUT2D eigenvalue weighted by atomic mass is 32.1. The SMILES string of the molecule is Cc1cnc(OC2CCCCC2)nc1-c1cnc(Nc2ccc(N3CCN(C)CC3)cn2)s1. The second kappa shape index (κ2) is 10.0. The molecule has 4 heterocycles. The standard InChI is InChI=1S/C24H31N7OS/c1-17-14-26-23(32-19-6-4-3-5-7-19)29-22(17)20-16-27-24(33-20)28-21-9-8-18(15-25-21)31-12-10-30(2)11-13-31/h8-9,14-16,19H,3-7,10-13H2,1-2H3,(H,25,27,28). The average molecular weight is 466 g/mol. The summed E-state index contributed by atoms with van der Waals surface area (Å²) in [7, 11) is 2.17. The van der Waals surface area contributed by atoms with Crippen molar-refractivity contribution in [3.05, 3.63) is 36.3 Å². The molecule has 0 radical (unpaired) electrons. The predicted octanol–water partition coefficient (Wildman–Crippen LogP) is 4.51. The van der Waals surface area contributed by atoms with Gasteiger partial charge in [0.15, 0.2) is 5.13 Å². The summed E-state index contributed by atoms with van der Waals surface area (Å²) in [5.74, 6) is 0.787. The fourth-order valence-corrected chi connectivity index (χ4v) is 5.20. The number of aryl methyl sites for hydroxylation is 1. The van der Waals surface area contributed by atoms with E-state index in [4.69, 9.17) is 9.72 Å². The van der Waals surface area contributed by atoms with Crippen LogP contribution in [-0.2, 0) is 0 Å². The summed E-state index contributed by atoms with van der Waals surface area (Å²) in [6.07, 6.45) is 11.8. The van der Waals surface area contributed by atoms with Gasteiger partial charge in [0, 0.05) is 38.6 Å². The maximum Gasteiger partial charge on any atom is 0.317 e. The normalized spacial score (nSPS) is 17.8. The molecule has 9 heteroatoms. The number of nitrogens with one attached hydrogen (secondary N) is 1. The van der Waals surface area contributed by atoms with Crippen molar-refractivity contribution in [2.45, 2.75) is 45.1 Å². The molecule has 33 heavy (non-hydrogen) atoms. The van der Waals surface area contributed by atoms with Crippen LogP contribution in [0.15, 0.2) is 30.7 Å². The number of piperazine rings is 1. The minimum atomic E-state index is 0.230. The predicted molar refractivity (Wildman–Crippen MR) is 133 cm³/mol. The molecule has 2 fully saturated rings. The lowest BCUT2D eigenvalue weighted by Gasteiger charge is -2.33. The summed E-state index contributed by atoms with van der Waals surface area (Å²) >= 11 is 1.56. The first kappa shape index (κ1) is 22.0. The number of thiazole rings is 1. The lowest BCUT2D eigenvalue weighted by atomic mass is 9.98. The van der Waals surface area contributed by atoms with Gasteiger partial charge in [-0.15, -0.1) is 0 Å². The van der Waals surface area contributed by atoms with E-state index in [-0.39, 0.29) is 6.10 Å². The van der Waals surface area contributed by atoms with Crippen LogP contribution in [0.1, 0.15) is 37.7 Å². The second-order valence-electron chi connectivity index (χ2n) is 8.91. The van der Waals surface area contributed by atoms with Crippen molar-refractivity contribution >= 4 is 28.0 Å². The lowest BCUT2D eigenvalue weighted by Crippen LogP contribution is -2.44. The maximum atomic E-state index is 6.07. The number of hydrogen-bond donors (Lipinski definition) is 1. The summed E-state index contributed by atoms with van der Waals surface area (Å²) in [6.45, 7) is 6.25. The Balaban J connectivity index is 1.25. The molecule has 2 aliphatic rings. The van der Waals surface area contributed by atoms with Crippen LogP contribution in [0.2, 0.25) is 0 Å². The molecule has 174 valence electrons. The Labute approximate surface area is 199 Å². The Morgan fingerprint density at radius 2 is 1.79 bits per heavy atom. The van der Waals surface area contributed by atoms with Crippen LogP contribution in [0.5, 0.6) is 6.01 Å². The van der Waals surface area contributed by atoms with Crippen LogP contribution in [0, 0.1) is 6.92 Å². The molecule has 1 aliphatic heterocycles. The summed E-state index contributed by atoms with van der Waals surface area (Å²) in [6, 6.07) is 4.60. The number of aromatic nitrogens is 4. The Bertz CT molecular complexity index is 1060. The van der Waals surface area contributed by atoms with E-state index < -0.39 is 0 Å². The molecule has 8 nitrogen and oxygen atoms in total. The minimum Gasteiger partial charge on any atom is -0.460 e. The van der Waals surface area contributed by atoms with Crippen LogP contribution in [0.3, 0.4) is 0 Å². The van der Waals surface area contributed by atoms with E-state index in [1.54, 1.807) is 11.3 Å². The van der Waals surface area contributed by atoms with Crippen molar-refractivity contribution < 1.29 is 4.74 Å². The molecule has 3 aromatic heterocycles. The van der Waals surface area contributed by atoms with E-state index >= 15 is 0 Å². The molecule has 0 bridgehead atoms. The van der Waals surface area contributed by atoms with Gasteiger partial charge in [-0.3, -0.25) is 0 Å². The molecule has 0 aromatic carbocycles. The van der Waals surface area contributed by atoms with Gasteiger partial charge in [0.25, 0.3) is 0 Å². The number of pyridine rings is 1. The smallest absolute Gasteiger partial charge is 0.317 e. The van der Waals surface area contributed by atoms with E-state index in [2.05, 4.69) is 43.2 Å². The molecule has 1 aliphatic carbocycles. The number of likely N-dealkylation sites (N-methyl/N-ethyl adjacent to an activating group) is 1. The first-order valence-electron chi connectivity index (χ1n) is 11.8. The molecule has 1 N–H and O–H groups in total. The largest absolute Gasteiger partial charge is 0.460 e. The molecule has 0 spiro atoms. The van der Waals surface area contributed by atoms with Gasteiger partial charge in [0.1, 0.15) is 11.9 Å². The molecule has 1 saturated heterocycles. The monoisotopic (exact) mass is 465 g/mol. The quantitative estimate of drug-likeness (QED) is 0.570. The van der Waals surface area contributed by atoms with Crippen LogP contribution in [0.4, 0.5) is 16.6 Å². The minimum absolute atomic E-state index is 0.230. The van der Waals surface area contributed by atoms with Crippen LogP contribution in [0.25, 0.3) is 10.6 Å². The van der Waals surface area contributed by atoms with E-state index in [0.29, 0.717) is 6.01 Å². The Morgan fingerprint density at radius 3 is 2.55 bits per heavy atom. The third-order valence-corrected chi connectivity index (χ3v) is 7.28. The molecule has 0 amide bonds. The highest BCUT2D eigenvalue weighted by Gasteiger charge is 2.18. The van der Waals surface area contributed by atoms with Crippen molar-refractivity contribution in [3.8, 4) is 16.6 Å².